The lowest BCUT2D eigenvalue weighted by atomic mass is 10.2. The Morgan fingerprint density at radius 3 is 2.20 bits per heavy atom. The SMILES string of the molecule is CCOC(=O)Cn1c(=NC(=O)c2ccc(S(=O)(=O)N(C)C)cc2)sc2cc(C(=O)OCC)ccc21. The molecule has 0 aliphatic carbocycles. The number of carbonyl (C=O) groups is 3. The summed E-state index contributed by atoms with van der Waals surface area (Å²) in [6.45, 7) is 3.64. The highest BCUT2D eigenvalue weighted by Crippen LogP contribution is 2.21. The quantitative estimate of drug-likeness (QED) is 0.419. The first-order chi connectivity index (χ1) is 16.6. The van der Waals surface area contributed by atoms with E-state index >= 15 is 0 Å². The van der Waals surface area contributed by atoms with Gasteiger partial charge >= 0.3 is 11.9 Å². The number of carbonyl (C=O) groups excluding carboxylic acids is 3. The Labute approximate surface area is 206 Å². The van der Waals surface area contributed by atoms with Crippen molar-refractivity contribution in [2.75, 3.05) is 27.3 Å². The minimum atomic E-state index is -3.64. The predicted octanol–water partition coefficient (Wildman–Crippen LogP) is 2.43. The standard InChI is InChI=1S/C23H25N3O7S2/c1-5-32-20(27)14-26-18-12-9-16(22(29)33-6-2)13-19(18)34-23(26)24-21(28)15-7-10-17(11-8-15)35(30,31)25(3)4/h7-13H,5-6,14H2,1-4H3. The third-order valence-electron chi connectivity index (χ3n) is 4.86. The van der Waals surface area contributed by atoms with E-state index in [2.05, 4.69) is 4.99 Å². The molecule has 3 rings (SSSR count). The van der Waals surface area contributed by atoms with Gasteiger partial charge in [-0.15, -0.1) is 0 Å². The maximum absolute atomic E-state index is 12.9. The maximum Gasteiger partial charge on any atom is 0.338 e. The van der Waals surface area contributed by atoms with E-state index < -0.39 is 27.9 Å². The Kier molecular flexibility index (Phi) is 8.20. The molecule has 2 aromatic carbocycles. The van der Waals surface area contributed by atoms with E-state index in [1.165, 1.54) is 42.9 Å². The van der Waals surface area contributed by atoms with Crippen LogP contribution in [-0.4, -0.2) is 62.4 Å². The van der Waals surface area contributed by atoms with Gasteiger partial charge in [-0.05, 0) is 56.3 Å². The Hall–Kier alpha value is -3.35. The Balaban J connectivity index is 2.06. The monoisotopic (exact) mass is 519 g/mol. The van der Waals surface area contributed by atoms with Crippen LogP contribution in [0.5, 0.6) is 0 Å². The summed E-state index contributed by atoms with van der Waals surface area (Å²) < 4.78 is 37.9. The number of benzene rings is 2. The van der Waals surface area contributed by atoms with Crippen molar-refractivity contribution >= 4 is 49.4 Å². The van der Waals surface area contributed by atoms with Gasteiger partial charge in [0.15, 0.2) is 4.80 Å². The van der Waals surface area contributed by atoms with Crippen LogP contribution in [0.25, 0.3) is 10.2 Å². The summed E-state index contributed by atoms with van der Waals surface area (Å²) in [6.07, 6.45) is 0. The van der Waals surface area contributed by atoms with Gasteiger partial charge in [0.1, 0.15) is 6.54 Å². The van der Waals surface area contributed by atoms with Crippen molar-refractivity contribution in [3.8, 4) is 0 Å². The maximum atomic E-state index is 12.9. The van der Waals surface area contributed by atoms with Crippen LogP contribution in [-0.2, 0) is 30.8 Å². The number of rotatable bonds is 8. The van der Waals surface area contributed by atoms with E-state index in [1.54, 1.807) is 32.0 Å². The molecule has 0 N–H and O–H groups in total. The van der Waals surface area contributed by atoms with Crippen molar-refractivity contribution in [2.45, 2.75) is 25.3 Å². The summed E-state index contributed by atoms with van der Waals surface area (Å²) in [7, 11) is -0.801. The van der Waals surface area contributed by atoms with Crippen LogP contribution in [0.2, 0.25) is 0 Å². The zero-order valence-corrected chi connectivity index (χ0v) is 21.3. The average molecular weight is 520 g/mol. The van der Waals surface area contributed by atoms with Gasteiger partial charge in [0.05, 0.1) is 33.9 Å². The summed E-state index contributed by atoms with van der Waals surface area (Å²) in [6, 6.07) is 10.3. The first-order valence-corrected chi connectivity index (χ1v) is 12.9. The lowest BCUT2D eigenvalue weighted by Crippen LogP contribution is -2.23. The van der Waals surface area contributed by atoms with Crippen molar-refractivity contribution < 1.29 is 32.3 Å². The van der Waals surface area contributed by atoms with Crippen LogP contribution in [0, 0.1) is 0 Å². The number of amides is 1. The highest BCUT2D eigenvalue weighted by molar-refractivity contribution is 7.89. The molecule has 0 atom stereocenters. The van der Waals surface area contributed by atoms with E-state index in [9.17, 15) is 22.8 Å². The number of hydrogen-bond acceptors (Lipinski definition) is 8. The molecule has 0 fully saturated rings. The number of esters is 2. The van der Waals surface area contributed by atoms with Gasteiger partial charge in [-0.3, -0.25) is 9.59 Å². The molecule has 1 aromatic heterocycles. The molecule has 0 aliphatic heterocycles. The van der Waals surface area contributed by atoms with Crippen molar-refractivity contribution in [3.63, 3.8) is 0 Å². The summed E-state index contributed by atoms with van der Waals surface area (Å²) in [5.41, 5.74) is 1.10. The van der Waals surface area contributed by atoms with Gasteiger partial charge in [0.25, 0.3) is 5.91 Å². The van der Waals surface area contributed by atoms with E-state index in [0.717, 1.165) is 15.6 Å². The second-order valence-electron chi connectivity index (χ2n) is 7.41. The van der Waals surface area contributed by atoms with Crippen LogP contribution in [0.3, 0.4) is 0 Å². The number of thiazole rings is 1. The molecule has 186 valence electrons. The molecule has 12 heteroatoms. The van der Waals surface area contributed by atoms with Crippen molar-refractivity contribution in [1.82, 2.24) is 8.87 Å². The molecule has 3 aromatic rings. The molecule has 35 heavy (non-hydrogen) atoms. The lowest BCUT2D eigenvalue weighted by Gasteiger charge is -2.11. The minimum absolute atomic E-state index is 0.0461. The van der Waals surface area contributed by atoms with Gasteiger partial charge in [0, 0.05) is 19.7 Å². The van der Waals surface area contributed by atoms with Crippen LogP contribution < -0.4 is 4.80 Å². The van der Waals surface area contributed by atoms with E-state index in [-0.39, 0.29) is 35.0 Å². The second-order valence-corrected chi connectivity index (χ2v) is 10.6. The molecular formula is C23H25N3O7S2. The molecule has 0 radical (unpaired) electrons. The van der Waals surface area contributed by atoms with Gasteiger partial charge in [0.2, 0.25) is 10.0 Å². The Bertz CT molecular complexity index is 1440. The van der Waals surface area contributed by atoms with Gasteiger partial charge in [-0.2, -0.15) is 4.99 Å². The van der Waals surface area contributed by atoms with E-state index in [0.29, 0.717) is 15.8 Å². The van der Waals surface area contributed by atoms with Crippen molar-refractivity contribution in [3.05, 3.63) is 58.4 Å². The highest BCUT2D eigenvalue weighted by atomic mass is 32.2. The van der Waals surface area contributed by atoms with Crippen molar-refractivity contribution in [2.24, 2.45) is 4.99 Å². The average Bonchev–Trinajstić information content (AvgIpc) is 3.15. The minimum Gasteiger partial charge on any atom is -0.465 e. The molecular weight excluding hydrogens is 494 g/mol. The van der Waals surface area contributed by atoms with Gasteiger partial charge in [-0.1, -0.05) is 11.3 Å². The molecule has 0 spiro atoms. The smallest absolute Gasteiger partial charge is 0.338 e. The molecule has 1 heterocycles. The molecule has 0 saturated heterocycles. The number of nitrogens with zero attached hydrogens (tertiary/aromatic N) is 3. The number of fused-ring (bicyclic) bond motifs is 1. The zero-order valence-electron chi connectivity index (χ0n) is 19.7. The number of ether oxygens (including phenoxy) is 2. The normalized spacial score (nSPS) is 12.2. The Morgan fingerprint density at radius 1 is 0.971 bits per heavy atom. The Morgan fingerprint density at radius 2 is 1.60 bits per heavy atom. The molecule has 0 bridgehead atoms. The summed E-state index contributed by atoms with van der Waals surface area (Å²) in [4.78, 5) is 41.7. The zero-order chi connectivity index (χ0) is 25.8. The number of sulfonamides is 1. The van der Waals surface area contributed by atoms with Crippen molar-refractivity contribution in [1.29, 1.82) is 0 Å². The number of hydrogen-bond donors (Lipinski definition) is 0. The molecule has 0 aliphatic rings. The fraction of sp³-hybridized carbons (Fsp3) is 0.304. The van der Waals surface area contributed by atoms with Crippen LogP contribution >= 0.6 is 11.3 Å². The van der Waals surface area contributed by atoms with Gasteiger partial charge < -0.3 is 14.0 Å². The predicted molar refractivity (Wildman–Crippen MR) is 130 cm³/mol. The lowest BCUT2D eigenvalue weighted by molar-refractivity contribution is -0.143. The first-order valence-electron chi connectivity index (χ1n) is 10.7. The second kappa shape index (κ2) is 10.9. The summed E-state index contributed by atoms with van der Waals surface area (Å²) in [5.74, 6) is -1.61. The topological polar surface area (TPSA) is 124 Å². The van der Waals surface area contributed by atoms with Crippen LogP contribution in [0.1, 0.15) is 34.6 Å². The van der Waals surface area contributed by atoms with Gasteiger partial charge in [-0.25, -0.2) is 17.5 Å². The van der Waals surface area contributed by atoms with Crippen LogP contribution in [0.4, 0.5) is 0 Å². The third kappa shape index (κ3) is 5.84. The van der Waals surface area contributed by atoms with E-state index in [4.69, 9.17) is 9.47 Å². The summed E-state index contributed by atoms with van der Waals surface area (Å²) >= 11 is 1.13. The molecule has 1 amide bonds. The number of aromatic nitrogens is 1. The molecule has 10 nitrogen and oxygen atoms in total. The fourth-order valence-electron chi connectivity index (χ4n) is 3.12. The highest BCUT2D eigenvalue weighted by Gasteiger charge is 2.18. The van der Waals surface area contributed by atoms with Crippen LogP contribution in [0.15, 0.2) is 52.4 Å². The molecule has 0 saturated carbocycles. The third-order valence-corrected chi connectivity index (χ3v) is 7.73. The fourth-order valence-corrected chi connectivity index (χ4v) is 5.09. The van der Waals surface area contributed by atoms with E-state index in [1.807, 2.05) is 0 Å². The summed E-state index contributed by atoms with van der Waals surface area (Å²) in [5, 5.41) is 0. The molecule has 0 unspecified atom stereocenters. The largest absolute Gasteiger partial charge is 0.465 e. The first kappa shape index (κ1) is 26.3.